The van der Waals surface area contributed by atoms with Gasteiger partial charge in [0.15, 0.2) is 0 Å². The Balaban J connectivity index is 2.67. The van der Waals surface area contributed by atoms with E-state index in [1.165, 1.54) is 0 Å². The molecule has 4 heteroatoms. The maximum absolute atomic E-state index is 6.16. The first kappa shape index (κ1) is 14.8. The van der Waals surface area contributed by atoms with Crippen LogP contribution in [0.2, 0.25) is 10.0 Å². The Hall–Kier alpha value is -0.280. The standard InChI is InChI=1S/C13H19Cl2NO/c1-3-16-12(6-7-17-2)9-10-8-11(14)4-5-13(10)15/h4-5,8,12,16H,3,6-7,9H2,1-2H3. The van der Waals surface area contributed by atoms with Crippen LogP contribution in [0, 0.1) is 0 Å². The summed E-state index contributed by atoms with van der Waals surface area (Å²) in [5, 5.41) is 4.93. The van der Waals surface area contributed by atoms with Crippen molar-refractivity contribution in [3.8, 4) is 0 Å². The van der Waals surface area contributed by atoms with Crippen LogP contribution in [-0.2, 0) is 11.2 Å². The summed E-state index contributed by atoms with van der Waals surface area (Å²) in [6.45, 7) is 3.78. The number of methoxy groups -OCH3 is 1. The molecule has 2 nitrogen and oxygen atoms in total. The van der Waals surface area contributed by atoms with Gasteiger partial charge in [0.25, 0.3) is 0 Å². The van der Waals surface area contributed by atoms with Gasteiger partial charge in [-0.3, -0.25) is 0 Å². The van der Waals surface area contributed by atoms with E-state index in [2.05, 4.69) is 12.2 Å². The second-order valence-corrected chi connectivity index (χ2v) is 4.82. The number of nitrogens with one attached hydrogen (secondary N) is 1. The summed E-state index contributed by atoms with van der Waals surface area (Å²) in [5.41, 5.74) is 1.08. The van der Waals surface area contributed by atoms with Crippen molar-refractivity contribution in [3.63, 3.8) is 0 Å². The predicted molar refractivity (Wildman–Crippen MR) is 74.1 cm³/mol. The molecule has 0 aliphatic carbocycles. The largest absolute Gasteiger partial charge is 0.385 e. The molecular formula is C13H19Cl2NO. The van der Waals surface area contributed by atoms with Crippen LogP contribution >= 0.6 is 23.2 Å². The number of ether oxygens (including phenoxy) is 1. The quantitative estimate of drug-likeness (QED) is 0.822. The summed E-state index contributed by atoms with van der Waals surface area (Å²) in [4.78, 5) is 0. The fraction of sp³-hybridized carbons (Fsp3) is 0.538. The molecule has 1 unspecified atom stereocenters. The van der Waals surface area contributed by atoms with Crippen LogP contribution in [0.1, 0.15) is 18.9 Å². The zero-order chi connectivity index (χ0) is 12.7. The minimum atomic E-state index is 0.371. The van der Waals surface area contributed by atoms with Crippen LogP contribution in [0.5, 0.6) is 0 Å². The van der Waals surface area contributed by atoms with E-state index in [-0.39, 0.29) is 0 Å². The predicted octanol–water partition coefficient (Wildman–Crippen LogP) is 3.55. The molecule has 0 saturated carbocycles. The van der Waals surface area contributed by atoms with Gasteiger partial charge >= 0.3 is 0 Å². The van der Waals surface area contributed by atoms with E-state index in [1.54, 1.807) is 7.11 Å². The highest BCUT2D eigenvalue weighted by Gasteiger charge is 2.11. The molecule has 0 heterocycles. The highest BCUT2D eigenvalue weighted by Crippen LogP contribution is 2.22. The van der Waals surface area contributed by atoms with Crippen LogP contribution in [0.15, 0.2) is 18.2 Å². The number of hydrogen-bond acceptors (Lipinski definition) is 2. The van der Waals surface area contributed by atoms with E-state index in [9.17, 15) is 0 Å². The lowest BCUT2D eigenvalue weighted by Gasteiger charge is -2.18. The average Bonchev–Trinajstić information content (AvgIpc) is 2.31. The number of halogens is 2. The van der Waals surface area contributed by atoms with Crippen molar-refractivity contribution in [2.24, 2.45) is 0 Å². The van der Waals surface area contributed by atoms with E-state index in [0.717, 1.165) is 41.6 Å². The summed E-state index contributed by atoms with van der Waals surface area (Å²) in [6, 6.07) is 5.96. The summed E-state index contributed by atoms with van der Waals surface area (Å²) >= 11 is 12.1. The van der Waals surface area contributed by atoms with Crippen molar-refractivity contribution in [2.45, 2.75) is 25.8 Å². The van der Waals surface area contributed by atoms with Crippen LogP contribution < -0.4 is 5.32 Å². The summed E-state index contributed by atoms with van der Waals surface area (Å²) < 4.78 is 5.11. The van der Waals surface area contributed by atoms with Gasteiger partial charge in [-0.2, -0.15) is 0 Å². The Labute approximate surface area is 113 Å². The topological polar surface area (TPSA) is 21.3 Å². The van der Waals surface area contributed by atoms with E-state index in [4.69, 9.17) is 27.9 Å². The smallest absolute Gasteiger partial charge is 0.0477 e. The van der Waals surface area contributed by atoms with Gasteiger partial charge in [0.2, 0.25) is 0 Å². The van der Waals surface area contributed by atoms with Crippen molar-refractivity contribution in [1.82, 2.24) is 5.32 Å². The Morgan fingerprint density at radius 3 is 2.76 bits per heavy atom. The SMILES string of the molecule is CCNC(CCOC)Cc1cc(Cl)ccc1Cl. The molecule has 0 radical (unpaired) electrons. The zero-order valence-electron chi connectivity index (χ0n) is 10.3. The van der Waals surface area contributed by atoms with Crippen molar-refractivity contribution in [2.75, 3.05) is 20.3 Å². The molecule has 96 valence electrons. The second-order valence-electron chi connectivity index (χ2n) is 3.98. The van der Waals surface area contributed by atoms with Gasteiger partial charge in [-0.15, -0.1) is 0 Å². The lowest BCUT2D eigenvalue weighted by molar-refractivity contribution is 0.183. The lowest BCUT2D eigenvalue weighted by Crippen LogP contribution is -2.32. The third-order valence-corrected chi connectivity index (χ3v) is 3.24. The number of rotatable bonds is 7. The van der Waals surface area contributed by atoms with E-state index >= 15 is 0 Å². The highest BCUT2D eigenvalue weighted by atomic mass is 35.5. The molecule has 1 aromatic carbocycles. The zero-order valence-corrected chi connectivity index (χ0v) is 11.8. The van der Waals surface area contributed by atoms with Crippen LogP contribution in [0.3, 0.4) is 0 Å². The molecule has 0 aliphatic heterocycles. The van der Waals surface area contributed by atoms with Crippen LogP contribution in [0.4, 0.5) is 0 Å². The van der Waals surface area contributed by atoms with Crippen molar-refractivity contribution in [1.29, 1.82) is 0 Å². The molecule has 0 amide bonds. The summed E-state index contributed by atoms with van der Waals surface area (Å²) in [6.07, 6.45) is 1.84. The average molecular weight is 276 g/mol. The Kier molecular flexibility index (Phi) is 6.90. The maximum atomic E-state index is 6.16. The molecule has 1 atom stereocenters. The molecule has 1 aromatic rings. The van der Waals surface area contributed by atoms with Gasteiger partial charge in [0.1, 0.15) is 0 Å². The third-order valence-electron chi connectivity index (χ3n) is 2.64. The monoisotopic (exact) mass is 275 g/mol. The molecule has 0 fully saturated rings. The van der Waals surface area contributed by atoms with Crippen LogP contribution in [-0.4, -0.2) is 26.3 Å². The Morgan fingerprint density at radius 1 is 1.35 bits per heavy atom. The van der Waals surface area contributed by atoms with E-state index in [0.29, 0.717) is 6.04 Å². The van der Waals surface area contributed by atoms with E-state index in [1.807, 2.05) is 18.2 Å². The highest BCUT2D eigenvalue weighted by molar-refractivity contribution is 6.33. The number of benzene rings is 1. The molecule has 1 N–H and O–H groups in total. The Bertz CT molecular complexity index is 344. The minimum Gasteiger partial charge on any atom is -0.385 e. The number of likely N-dealkylation sites (N-methyl/N-ethyl adjacent to an activating group) is 1. The van der Waals surface area contributed by atoms with Crippen molar-refractivity contribution in [3.05, 3.63) is 33.8 Å². The second kappa shape index (κ2) is 7.93. The van der Waals surface area contributed by atoms with Crippen molar-refractivity contribution < 1.29 is 4.74 Å². The van der Waals surface area contributed by atoms with Gasteiger partial charge in [-0.1, -0.05) is 30.1 Å². The first-order valence-corrected chi connectivity index (χ1v) is 6.59. The molecule has 17 heavy (non-hydrogen) atoms. The molecule has 0 saturated heterocycles. The molecular weight excluding hydrogens is 257 g/mol. The van der Waals surface area contributed by atoms with Gasteiger partial charge < -0.3 is 10.1 Å². The maximum Gasteiger partial charge on any atom is 0.0477 e. The Morgan fingerprint density at radius 2 is 2.12 bits per heavy atom. The van der Waals surface area contributed by atoms with Gasteiger partial charge in [-0.05, 0) is 43.1 Å². The van der Waals surface area contributed by atoms with Crippen LogP contribution in [0.25, 0.3) is 0 Å². The third kappa shape index (κ3) is 5.26. The van der Waals surface area contributed by atoms with Crippen molar-refractivity contribution >= 4 is 23.2 Å². The van der Waals surface area contributed by atoms with E-state index < -0.39 is 0 Å². The molecule has 0 bridgehead atoms. The van der Waals surface area contributed by atoms with Gasteiger partial charge in [0, 0.05) is 29.8 Å². The first-order valence-electron chi connectivity index (χ1n) is 5.83. The van der Waals surface area contributed by atoms with Gasteiger partial charge in [-0.25, -0.2) is 0 Å². The summed E-state index contributed by atoms with van der Waals surface area (Å²) in [7, 11) is 1.72. The molecule has 0 spiro atoms. The number of hydrogen-bond donors (Lipinski definition) is 1. The minimum absolute atomic E-state index is 0.371. The normalized spacial score (nSPS) is 12.7. The fourth-order valence-corrected chi connectivity index (χ4v) is 2.18. The van der Waals surface area contributed by atoms with Gasteiger partial charge in [0.05, 0.1) is 0 Å². The molecule has 1 rings (SSSR count). The summed E-state index contributed by atoms with van der Waals surface area (Å²) in [5.74, 6) is 0. The lowest BCUT2D eigenvalue weighted by atomic mass is 10.0. The fourth-order valence-electron chi connectivity index (χ4n) is 1.79. The first-order chi connectivity index (χ1) is 8.17. The molecule has 0 aliphatic rings. The molecule has 0 aromatic heterocycles.